The summed E-state index contributed by atoms with van der Waals surface area (Å²) in [7, 11) is 0. The Balaban J connectivity index is 1.97. The lowest BCUT2D eigenvalue weighted by atomic mass is 9.94. The summed E-state index contributed by atoms with van der Waals surface area (Å²) in [6.45, 7) is 3.06. The predicted octanol–water partition coefficient (Wildman–Crippen LogP) is 3.48. The van der Waals surface area contributed by atoms with E-state index in [1.165, 1.54) is 36.8 Å². The normalized spacial score (nSPS) is 24.9. The molecule has 0 saturated heterocycles. The molecule has 2 rings (SSSR count). The van der Waals surface area contributed by atoms with Gasteiger partial charge in [-0.3, -0.25) is 0 Å². The standard InChI is InChI=1S/C15H23N/c1-2-12-3-6-14(7-4-12)15-8-5-13(11-15)9-10-16/h3-4,6-7,13,15H,2,5,8-11,16H2,1H3. The largest absolute Gasteiger partial charge is 0.330 e. The van der Waals surface area contributed by atoms with Crippen molar-refractivity contribution in [2.24, 2.45) is 11.7 Å². The third kappa shape index (κ3) is 2.65. The van der Waals surface area contributed by atoms with Gasteiger partial charge in [0.05, 0.1) is 0 Å². The van der Waals surface area contributed by atoms with Gasteiger partial charge in [-0.15, -0.1) is 0 Å². The van der Waals surface area contributed by atoms with Crippen LogP contribution in [0.1, 0.15) is 49.7 Å². The highest BCUT2D eigenvalue weighted by Crippen LogP contribution is 2.39. The van der Waals surface area contributed by atoms with Gasteiger partial charge in [0, 0.05) is 0 Å². The SMILES string of the molecule is CCc1ccc(C2CCC(CCN)C2)cc1. The Morgan fingerprint density at radius 1 is 1.19 bits per heavy atom. The molecule has 0 spiro atoms. The molecule has 1 aromatic rings. The molecule has 2 unspecified atom stereocenters. The maximum absolute atomic E-state index is 5.63. The van der Waals surface area contributed by atoms with Crippen LogP contribution in [0.4, 0.5) is 0 Å². The Morgan fingerprint density at radius 3 is 2.56 bits per heavy atom. The molecular formula is C15H23N. The Hall–Kier alpha value is -0.820. The first-order valence-electron chi connectivity index (χ1n) is 6.62. The summed E-state index contributed by atoms with van der Waals surface area (Å²) < 4.78 is 0. The van der Waals surface area contributed by atoms with Crippen molar-refractivity contribution in [3.63, 3.8) is 0 Å². The monoisotopic (exact) mass is 217 g/mol. The van der Waals surface area contributed by atoms with Crippen molar-refractivity contribution < 1.29 is 0 Å². The highest BCUT2D eigenvalue weighted by molar-refractivity contribution is 5.26. The van der Waals surface area contributed by atoms with Gasteiger partial charge in [-0.1, -0.05) is 31.2 Å². The van der Waals surface area contributed by atoms with E-state index in [-0.39, 0.29) is 0 Å². The highest BCUT2D eigenvalue weighted by Gasteiger charge is 2.24. The fraction of sp³-hybridized carbons (Fsp3) is 0.600. The summed E-state index contributed by atoms with van der Waals surface area (Å²) in [4.78, 5) is 0. The number of hydrogen-bond acceptors (Lipinski definition) is 1. The van der Waals surface area contributed by atoms with Gasteiger partial charge >= 0.3 is 0 Å². The van der Waals surface area contributed by atoms with Crippen LogP contribution >= 0.6 is 0 Å². The van der Waals surface area contributed by atoms with Crippen LogP contribution in [0.5, 0.6) is 0 Å². The topological polar surface area (TPSA) is 26.0 Å². The quantitative estimate of drug-likeness (QED) is 0.821. The van der Waals surface area contributed by atoms with Crippen molar-refractivity contribution in [1.29, 1.82) is 0 Å². The van der Waals surface area contributed by atoms with Crippen LogP contribution in [0.15, 0.2) is 24.3 Å². The van der Waals surface area contributed by atoms with E-state index in [4.69, 9.17) is 5.73 Å². The molecule has 1 aromatic carbocycles. The van der Waals surface area contributed by atoms with Gasteiger partial charge < -0.3 is 5.73 Å². The first kappa shape index (κ1) is 11.7. The van der Waals surface area contributed by atoms with Crippen molar-refractivity contribution in [2.75, 3.05) is 6.54 Å². The molecule has 0 amide bonds. The molecule has 2 N–H and O–H groups in total. The zero-order chi connectivity index (χ0) is 11.4. The van der Waals surface area contributed by atoms with Crippen molar-refractivity contribution >= 4 is 0 Å². The zero-order valence-electron chi connectivity index (χ0n) is 10.3. The van der Waals surface area contributed by atoms with E-state index >= 15 is 0 Å². The van der Waals surface area contributed by atoms with Gasteiger partial charge in [0.2, 0.25) is 0 Å². The Kier molecular flexibility index (Phi) is 4.00. The van der Waals surface area contributed by atoms with Crippen LogP contribution in [0.2, 0.25) is 0 Å². The van der Waals surface area contributed by atoms with Crippen molar-refractivity contribution in [1.82, 2.24) is 0 Å². The molecule has 0 radical (unpaired) electrons. The first-order chi connectivity index (χ1) is 7.83. The molecule has 0 aromatic heterocycles. The van der Waals surface area contributed by atoms with Crippen molar-refractivity contribution in [3.8, 4) is 0 Å². The second-order valence-electron chi connectivity index (χ2n) is 5.05. The Bertz CT molecular complexity index is 315. The molecule has 2 atom stereocenters. The lowest BCUT2D eigenvalue weighted by molar-refractivity contribution is 0.503. The minimum Gasteiger partial charge on any atom is -0.330 e. The van der Waals surface area contributed by atoms with E-state index in [1.807, 2.05) is 0 Å². The van der Waals surface area contributed by atoms with Gasteiger partial charge in [0.15, 0.2) is 0 Å². The summed E-state index contributed by atoms with van der Waals surface area (Å²) >= 11 is 0. The lowest BCUT2D eigenvalue weighted by Crippen LogP contribution is -2.05. The van der Waals surface area contributed by atoms with E-state index in [0.29, 0.717) is 0 Å². The number of aryl methyl sites for hydroxylation is 1. The van der Waals surface area contributed by atoms with Crippen LogP contribution in [0.3, 0.4) is 0 Å². The molecule has 1 fully saturated rings. The van der Waals surface area contributed by atoms with E-state index in [0.717, 1.165) is 24.8 Å². The van der Waals surface area contributed by atoms with Crippen molar-refractivity contribution in [2.45, 2.75) is 44.9 Å². The maximum atomic E-state index is 5.63. The zero-order valence-corrected chi connectivity index (χ0v) is 10.3. The molecule has 1 aliphatic carbocycles. The van der Waals surface area contributed by atoms with Gasteiger partial charge in [-0.05, 0) is 61.6 Å². The predicted molar refractivity (Wildman–Crippen MR) is 69.6 cm³/mol. The molecule has 1 heteroatoms. The third-order valence-corrected chi connectivity index (χ3v) is 3.98. The summed E-state index contributed by atoms with van der Waals surface area (Å²) in [6, 6.07) is 9.22. The van der Waals surface area contributed by atoms with Gasteiger partial charge in [0.1, 0.15) is 0 Å². The molecule has 1 aliphatic rings. The fourth-order valence-corrected chi connectivity index (χ4v) is 2.90. The van der Waals surface area contributed by atoms with Gasteiger partial charge in [-0.2, -0.15) is 0 Å². The average molecular weight is 217 g/mol. The van der Waals surface area contributed by atoms with Gasteiger partial charge in [0.25, 0.3) is 0 Å². The van der Waals surface area contributed by atoms with Crippen LogP contribution in [0.25, 0.3) is 0 Å². The van der Waals surface area contributed by atoms with E-state index in [2.05, 4.69) is 31.2 Å². The van der Waals surface area contributed by atoms with E-state index in [9.17, 15) is 0 Å². The molecule has 16 heavy (non-hydrogen) atoms. The van der Waals surface area contributed by atoms with Crippen LogP contribution in [-0.2, 0) is 6.42 Å². The fourth-order valence-electron chi connectivity index (χ4n) is 2.90. The average Bonchev–Trinajstić information content (AvgIpc) is 2.78. The second kappa shape index (κ2) is 5.49. The number of rotatable bonds is 4. The summed E-state index contributed by atoms with van der Waals surface area (Å²) in [5.74, 6) is 1.67. The highest BCUT2D eigenvalue weighted by atomic mass is 14.5. The molecule has 1 nitrogen and oxygen atoms in total. The smallest absolute Gasteiger partial charge is 0.00746 e. The number of hydrogen-bond donors (Lipinski definition) is 1. The summed E-state index contributed by atoms with van der Waals surface area (Å²) in [6.07, 6.45) is 6.43. The summed E-state index contributed by atoms with van der Waals surface area (Å²) in [5.41, 5.74) is 8.61. The Labute approximate surface area is 99.0 Å². The molecule has 0 bridgehead atoms. The minimum absolute atomic E-state index is 0.794. The third-order valence-electron chi connectivity index (χ3n) is 3.98. The minimum atomic E-state index is 0.794. The molecule has 88 valence electrons. The van der Waals surface area contributed by atoms with E-state index < -0.39 is 0 Å². The van der Waals surface area contributed by atoms with Crippen molar-refractivity contribution in [3.05, 3.63) is 35.4 Å². The van der Waals surface area contributed by atoms with Gasteiger partial charge in [-0.25, -0.2) is 0 Å². The number of benzene rings is 1. The molecule has 1 saturated carbocycles. The summed E-state index contributed by atoms with van der Waals surface area (Å²) in [5, 5.41) is 0. The Morgan fingerprint density at radius 2 is 1.94 bits per heavy atom. The second-order valence-corrected chi connectivity index (χ2v) is 5.05. The van der Waals surface area contributed by atoms with Crippen LogP contribution in [0, 0.1) is 5.92 Å². The first-order valence-corrected chi connectivity index (χ1v) is 6.62. The van der Waals surface area contributed by atoms with Crippen LogP contribution < -0.4 is 5.73 Å². The van der Waals surface area contributed by atoms with Crippen LogP contribution in [-0.4, -0.2) is 6.54 Å². The molecule has 0 aliphatic heterocycles. The maximum Gasteiger partial charge on any atom is -0.00746 e. The molecule has 0 heterocycles. The van der Waals surface area contributed by atoms with E-state index in [1.54, 1.807) is 0 Å². The number of nitrogens with two attached hydrogens (primary N) is 1. The molecular weight excluding hydrogens is 194 g/mol. The lowest BCUT2D eigenvalue weighted by Gasteiger charge is -2.11.